The van der Waals surface area contributed by atoms with E-state index in [2.05, 4.69) is 10.0 Å². The molecular formula is C19H24N2O5S. The van der Waals surface area contributed by atoms with Crippen LogP contribution < -0.4 is 19.5 Å². The second-order valence-electron chi connectivity index (χ2n) is 5.95. The summed E-state index contributed by atoms with van der Waals surface area (Å²) < 4.78 is 37.0. The third-order valence-corrected chi connectivity index (χ3v) is 5.41. The van der Waals surface area contributed by atoms with Crippen LogP contribution in [-0.2, 0) is 10.0 Å². The highest BCUT2D eigenvalue weighted by Crippen LogP contribution is 2.27. The Morgan fingerprint density at radius 3 is 2.19 bits per heavy atom. The maximum absolute atomic E-state index is 12.6. The van der Waals surface area contributed by atoms with Crippen LogP contribution in [0.25, 0.3) is 0 Å². The normalized spacial score (nSPS) is 11.0. The molecule has 0 atom stereocenters. The number of hydrogen-bond donors (Lipinski definition) is 2. The quantitative estimate of drug-likeness (QED) is 0.718. The fraction of sp³-hybridized carbons (Fsp3) is 0.316. The molecule has 0 heterocycles. The van der Waals surface area contributed by atoms with Gasteiger partial charge in [-0.3, -0.25) is 9.52 Å². The second kappa shape index (κ2) is 8.77. The lowest BCUT2D eigenvalue weighted by atomic mass is 10.1. The molecule has 0 radical (unpaired) electrons. The zero-order valence-corrected chi connectivity index (χ0v) is 16.6. The largest absolute Gasteiger partial charge is 0.497 e. The first-order chi connectivity index (χ1) is 12.8. The molecule has 0 unspecified atom stereocenters. The molecule has 0 saturated heterocycles. The van der Waals surface area contributed by atoms with Gasteiger partial charge in [-0.05, 0) is 43.2 Å². The number of carbonyl (C=O) groups excluding carboxylic acids is 1. The third kappa shape index (κ3) is 5.37. The Kier molecular flexibility index (Phi) is 6.68. The zero-order chi connectivity index (χ0) is 20.0. The van der Waals surface area contributed by atoms with E-state index in [1.54, 1.807) is 50.2 Å². The average molecular weight is 392 g/mol. The highest BCUT2D eigenvalue weighted by Gasteiger charge is 2.15. The minimum Gasteiger partial charge on any atom is -0.497 e. The molecule has 146 valence electrons. The second-order valence-corrected chi connectivity index (χ2v) is 7.80. The molecular weight excluding hydrogens is 368 g/mol. The van der Waals surface area contributed by atoms with Crippen molar-refractivity contribution >= 4 is 27.3 Å². The Morgan fingerprint density at radius 2 is 1.63 bits per heavy atom. The van der Waals surface area contributed by atoms with Crippen LogP contribution in [0.1, 0.15) is 29.3 Å². The fourth-order valence-electron chi connectivity index (χ4n) is 2.50. The van der Waals surface area contributed by atoms with Crippen LogP contribution in [0.5, 0.6) is 11.5 Å². The standard InChI is InChI=1S/C19H24N2O5S/c1-5-9-27(23,24)21-18-8-6-7-17(13(18)2)20-19(22)14-10-15(25-3)12-16(11-14)26-4/h6-8,10-12,21H,5,9H2,1-4H3,(H,20,22). The van der Waals surface area contributed by atoms with Crippen molar-refractivity contribution in [2.24, 2.45) is 0 Å². The molecule has 1 amide bonds. The first-order valence-electron chi connectivity index (χ1n) is 8.44. The molecule has 27 heavy (non-hydrogen) atoms. The monoisotopic (exact) mass is 392 g/mol. The van der Waals surface area contributed by atoms with E-state index in [4.69, 9.17) is 9.47 Å². The van der Waals surface area contributed by atoms with Crippen molar-refractivity contribution in [1.29, 1.82) is 0 Å². The lowest BCUT2D eigenvalue weighted by Crippen LogP contribution is -2.18. The van der Waals surface area contributed by atoms with Crippen LogP contribution in [0.15, 0.2) is 36.4 Å². The summed E-state index contributed by atoms with van der Waals surface area (Å²) in [5.74, 6) is 0.672. The average Bonchev–Trinajstić information content (AvgIpc) is 2.64. The first kappa shape index (κ1) is 20.6. The van der Waals surface area contributed by atoms with Gasteiger partial charge in [-0.15, -0.1) is 0 Å². The van der Waals surface area contributed by atoms with E-state index < -0.39 is 10.0 Å². The summed E-state index contributed by atoms with van der Waals surface area (Å²) in [6, 6.07) is 9.92. The van der Waals surface area contributed by atoms with E-state index in [0.717, 1.165) is 0 Å². The predicted molar refractivity (Wildman–Crippen MR) is 106 cm³/mol. The van der Waals surface area contributed by atoms with Gasteiger partial charge < -0.3 is 14.8 Å². The molecule has 2 rings (SSSR count). The van der Waals surface area contributed by atoms with Crippen molar-refractivity contribution < 1.29 is 22.7 Å². The van der Waals surface area contributed by atoms with Crippen LogP contribution in [0.4, 0.5) is 11.4 Å². The summed E-state index contributed by atoms with van der Waals surface area (Å²) in [6.07, 6.45) is 0.516. The SMILES string of the molecule is CCCS(=O)(=O)Nc1cccc(NC(=O)c2cc(OC)cc(OC)c2)c1C. The maximum Gasteiger partial charge on any atom is 0.255 e. The Hall–Kier alpha value is -2.74. The van der Waals surface area contributed by atoms with E-state index in [9.17, 15) is 13.2 Å². The molecule has 2 N–H and O–H groups in total. The topological polar surface area (TPSA) is 93.7 Å². The molecule has 0 aliphatic heterocycles. The van der Waals surface area contributed by atoms with Crippen molar-refractivity contribution in [3.8, 4) is 11.5 Å². The Morgan fingerprint density at radius 1 is 1.04 bits per heavy atom. The van der Waals surface area contributed by atoms with Crippen molar-refractivity contribution in [1.82, 2.24) is 0 Å². The molecule has 8 heteroatoms. The predicted octanol–water partition coefficient (Wildman–Crippen LogP) is 3.42. The van der Waals surface area contributed by atoms with Gasteiger partial charge in [-0.1, -0.05) is 13.0 Å². The summed E-state index contributed by atoms with van der Waals surface area (Å²) in [6.45, 7) is 3.54. The smallest absolute Gasteiger partial charge is 0.255 e. The van der Waals surface area contributed by atoms with Gasteiger partial charge >= 0.3 is 0 Å². The van der Waals surface area contributed by atoms with Crippen molar-refractivity contribution in [2.75, 3.05) is 30.0 Å². The van der Waals surface area contributed by atoms with Gasteiger partial charge in [0.05, 0.1) is 25.7 Å². The van der Waals surface area contributed by atoms with Crippen LogP contribution in [-0.4, -0.2) is 34.3 Å². The van der Waals surface area contributed by atoms with Crippen LogP contribution in [0.3, 0.4) is 0 Å². The molecule has 0 spiro atoms. The first-order valence-corrected chi connectivity index (χ1v) is 10.1. The molecule has 0 aromatic heterocycles. The number of sulfonamides is 1. The highest BCUT2D eigenvalue weighted by molar-refractivity contribution is 7.92. The van der Waals surface area contributed by atoms with Gasteiger partial charge in [0.25, 0.3) is 5.91 Å². The van der Waals surface area contributed by atoms with Crippen LogP contribution in [0.2, 0.25) is 0 Å². The minimum absolute atomic E-state index is 0.0344. The molecule has 0 aliphatic carbocycles. The number of ether oxygens (including phenoxy) is 2. The van der Waals surface area contributed by atoms with Gasteiger partial charge in [-0.25, -0.2) is 8.42 Å². The molecule has 0 bridgehead atoms. The van der Waals surface area contributed by atoms with E-state index in [-0.39, 0.29) is 11.7 Å². The van der Waals surface area contributed by atoms with Crippen LogP contribution >= 0.6 is 0 Å². The van der Waals surface area contributed by atoms with E-state index in [1.165, 1.54) is 14.2 Å². The fourth-order valence-corrected chi connectivity index (χ4v) is 3.70. The van der Waals surface area contributed by atoms with Gasteiger partial charge in [-0.2, -0.15) is 0 Å². The minimum atomic E-state index is -3.42. The zero-order valence-electron chi connectivity index (χ0n) is 15.8. The molecule has 0 fully saturated rings. The number of rotatable bonds is 8. The number of anilines is 2. The van der Waals surface area contributed by atoms with Gasteiger partial charge in [0.15, 0.2) is 0 Å². The number of nitrogens with one attached hydrogen (secondary N) is 2. The summed E-state index contributed by atoms with van der Waals surface area (Å²) in [5, 5.41) is 2.80. The van der Waals surface area contributed by atoms with Gasteiger partial charge in [0.1, 0.15) is 11.5 Å². The number of benzene rings is 2. The number of hydrogen-bond acceptors (Lipinski definition) is 5. The van der Waals surface area contributed by atoms with E-state index in [0.29, 0.717) is 40.4 Å². The Bertz CT molecular complexity index is 903. The molecule has 7 nitrogen and oxygen atoms in total. The summed E-state index contributed by atoms with van der Waals surface area (Å²) in [4.78, 5) is 12.6. The number of methoxy groups -OCH3 is 2. The molecule has 0 saturated carbocycles. The maximum atomic E-state index is 12.6. The molecule has 2 aromatic carbocycles. The highest BCUT2D eigenvalue weighted by atomic mass is 32.2. The van der Waals surface area contributed by atoms with Gasteiger partial charge in [0.2, 0.25) is 10.0 Å². The van der Waals surface area contributed by atoms with E-state index >= 15 is 0 Å². The van der Waals surface area contributed by atoms with Crippen molar-refractivity contribution in [3.05, 3.63) is 47.5 Å². The summed E-state index contributed by atoms with van der Waals surface area (Å²) in [5.41, 5.74) is 1.94. The Balaban J connectivity index is 2.28. The summed E-state index contributed by atoms with van der Waals surface area (Å²) in [7, 11) is -0.405. The Labute approximate surface area is 159 Å². The van der Waals surface area contributed by atoms with Crippen molar-refractivity contribution in [3.63, 3.8) is 0 Å². The molecule has 0 aliphatic rings. The molecule has 2 aromatic rings. The number of amides is 1. The number of carbonyl (C=O) groups is 1. The summed E-state index contributed by atoms with van der Waals surface area (Å²) >= 11 is 0. The van der Waals surface area contributed by atoms with Gasteiger partial charge in [0, 0.05) is 17.3 Å². The van der Waals surface area contributed by atoms with Crippen LogP contribution in [0, 0.1) is 6.92 Å². The van der Waals surface area contributed by atoms with Crippen molar-refractivity contribution in [2.45, 2.75) is 20.3 Å². The van der Waals surface area contributed by atoms with E-state index in [1.807, 2.05) is 0 Å². The third-order valence-electron chi connectivity index (χ3n) is 3.93. The lowest BCUT2D eigenvalue weighted by Gasteiger charge is -2.15. The lowest BCUT2D eigenvalue weighted by molar-refractivity contribution is 0.102.